The number of anilines is 1. The third-order valence-corrected chi connectivity index (χ3v) is 2.54. The number of aryl methyl sites for hydroxylation is 3. The van der Waals surface area contributed by atoms with Crippen molar-refractivity contribution < 1.29 is 9.53 Å². The van der Waals surface area contributed by atoms with Crippen LogP contribution in [0.2, 0.25) is 0 Å². The Morgan fingerprint density at radius 1 is 1.41 bits per heavy atom. The van der Waals surface area contributed by atoms with Crippen LogP contribution in [0.25, 0.3) is 0 Å². The number of amides is 1. The second-order valence-electron chi connectivity index (χ2n) is 4.19. The molecular formula is C13H20N2O2. The van der Waals surface area contributed by atoms with E-state index in [2.05, 4.69) is 10.3 Å². The molecule has 4 nitrogen and oxygen atoms in total. The van der Waals surface area contributed by atoms with E-state index in [1.165, 1.54) is 0 Å². The normalized spacial score (nSPS) is 10.4. The minimum absolute atomic E-state index is 0.0129. The highest BCUT2D eigenvalue weighted by Gasteiger charge is 2.08. The average Bonchev–Trinajstić information content (AvgIpc) is 2.24. The molecule has 0 fully saturated rings. The molecule has 1 aromatic rings. The van der Waals surface area contributed by atoms with Gasteiger partial charge in [-0.3, -0.25) is 9.78 Å². The van der Waals surface area contributed by atoms with Crippen molar-refractivity contribution in [2.24, 2.45) is 0 Å². The van der Waals surface area contributed by atoms with Crippen molar-refractivity contribution in [2.45, 2.75) is 33.6 Å². The summed E-state index contributed by atoms with van der Waals surface area (Å²) >= 11 is 0. The number of ether oxygens (including phenoxy) is 1. The van der Waals surface area contributed by atoms with Gasteiger partial charge in [-0.05, 0) is 38.8 Å². The maximum atomic E-state index is 11.7. The number of nitrogens with zero attached hydrogens (tertiary/aromatic N) is 1. The summed E-state index contributed by atoms with van der Waals surface area (Å²) in [5.41, 5.74) is 3.72. The van der Waals surface area contributed by atoms with E-state index in [0.29, 0.717) is 13.0 Å². The number of methoxy groups -OCH3 is 1. The van der Waals surface area contributed by atoms with E-state index >= 15 is 0 Å². The van der Waals surface area contributed by atoms with Crippen LogP contribution in [0.4, 0.5) is 5.69 Å². The molecule has 1 heterocycles. The molecule has 0 aliphatic rings. The molecule has 0 unspecified atom stereocenters. The van der Waals surface area contributed by atoms with E-state index in [0.717, 1.165) is 29.1 Å². The van der Waals surface area contributed by atoms with Gasteiger partial charge >= 0.3 is 0 Å². The van der Waals surface area contributed by atoms with Gasteiger partial charge in [-0.25, -0.2) is 0 Å². The van der Waals surface area contributed by atoms with Gasteiger partial charge in [0.15, 0.2) is 0 Å². The molecule has 1 amide bonds. The molecule has 1 aromatic heterocycles. The standard InChI is InChI=1S/C13H20N2O2/c1-9-8-10(2)14-11(3)13(9)15-12(16)6-5-7-17-4/h8H,5-7H2,1-4H3,(H,15,16). The van der Waals surface area contributed by atoms with Crippen molar-refractivity contribution in [1.82, 2.24) is 4.98 Å². The summed E-state index contributed by atoms with van der Waals surface area (Å²) in [6.45, 7) is 6.44. The maximum absolute atomic E-state index is 11.7. The summed E-state index contributed by atoms with van der Waals surface area (Å²) in [6.07, 6.45) is 1.21. The lowest BCUT2D eigenvalue weighted by Crippen LogP contribution is -2.14. The first-order valence-electron chi connectivity index (χ1n) is 5.78. The summed E-state index contributed by atoms with van der Waals surface area (Å²) in [6, 6.07) is 1.97. The average molecular weight is 236 g/mol. The molecule has 0 aliphatic carbocycles. The van der Waals surface area contributed by atoms with Crippen molar-refractivity contribution in [3.05, 3.63) is 23.0 Å². The van der Waals surface area contributed by atoms with Crippen LogP contribution < -0.4 is 5.32 Å². The molecular weight excluding hydrogens is 216 g/mol. The van der Waals surface area contributed by atoms with Crippen molar-refractivity contribution in [3.63, 3.8) is 0 Å². The lowest BCUT2D eigenvalue weighted by molar-refractivity contribution is -0.116. The second-order valence-corrected chi connectivity index (χ2v) is 4.19. The number of carbonyl (C=O) groups is 1. The van der Waals surface area contributed by atoms with Crippen LogP contribution in [0, 0.1) is 20.8 Å². The first-order chi connectivity index (χ1) is 8.04. The van der Waals surface area contributed by atoms with Crippen LogP contribution >= 0.6 is 0 Å². The van der Waals surface area contributed by atoms with Crippen LogP contribution in [-0.2, 0) is 9.53 Å². The Hall–Kier alpha value is -1.42. The number of pyridine rings is 1. The van der Waals surface area contributed by atoms with E-state index in [4.69, 9.17) is 4.74 Å². The number of aromatic nitrogens is 1. The Balaban J connectivity index is 2.65. The number of carbonyl (C=O) groups excluding carboxylic acids is 1. The molecule has 0 saturated carbocycles. The number of hydrogen-bond donors (Lipinski definition) is 1. The molecule has 0 spiro atoms. The Labute approximate surface area is 102 Å². The third kappa shape index (κ3) is 4.15. The van der Waals surface area contributed by atoms with Gasteiger partial charge < -0.3 is 10.1 Å². The molecule has 94 valence electrons. The van der Waals surface area contributed by atoms with Gasteiger partial charge in [0.25, 0.3) is 0 Å². The van der Waals surface area contributed by atoms with E-state index in [1.54, 1.807) is 7.11 Å². The van der Waals surface area contributed by atoms with Gasteiger partial charge in [-0.15, -0.1) is 0 Å². The van der Waals surface area contributed by atoms with E-state index in [1.807, 2.05) is 26.8 Å². The minimum Gasteiger partial charge on any atom is -0.385 e. The molecule has 0 bridgehead atoms. The fourth-order valence-electron chi connectivity index (χ4n) is 1.79. The van der Waals surface area contributed by atoms with Gasteiger partial charge in [0.05, 0.1) is 11.4 Å². The molecule has 1 N–H and O–H groups in total. The third-order valence-electron chi connectivity index (χ3n) is 2.54. The maximum Gasteiger partial charge on any atom is 0.224 e. The van der Waals surface area contributed by atoms with Crippen LogP contribution in [0.15, 0.2) is 6.07 Å². The summed E-state index contributed by atoms with van der Waals surface area (Å²) in [4.78, 5) is 16.0. The van der Waals surface area contributed by atoms with Crippen molar-refractivity contribution in [3.8, 4) is 0 Å². The SMILES string of the molecule is COCCCC(=O)Nc1c(C)cc(C)nc1C. The van der Waals surface area contributed by atoms with Gasteiger partial charge in [-0.2, -0.15) is 0 Å². The van der Waals surface area contributed by atoms with Crippen LogP contribution in [0.3, 0.4) is 0 Å². The van der Waals surface area contributed by atoms with Crippen LogP contribution in [0.1, 0.15) is 29.8 Å². The molecule has 17 heavy (non-hydrogen) atoms. The highest BCUT2D eigenvalue weighted by Crippen LogP contribution is 2.19. The summed E-state index contributed by atoms with van der Waals surface area (Å²) in [5, 5.41) is 2.91. The lowest BCUT2D eigenvalue weighted by atomic mass is 10.1. The second kappa shape index (κ2) is 6.35. The fraction of sp³-hybridized carbons (Fsp3) is 0.538. The Bertz CT molecular complexity index is 379. The molecule has 0 atom stereocenters. The summed E-state index contributed by atoms with van der Waals surface area (Å²) < 4.78 is 4.91. The number of rotatable bonds is 5. The fourth-order valence-corrected chi connectivity index (χ4v) is 1.79. The van der Waals surface area contributed by atoms with Crippen molar-refractivity contribution >= 4 is 11.6 Å². The molecule has 0 radical (unpaired) electrons. The Morgan fingerprint density at radius 2 is 2.12 bits per heavy atom. The van der Waals surface area contributed by atoms with Crippen LogP contribution in [-0.4, -0.2) is 24.6 Å². The van der Waals surface area contributed by atoms with E-state index in [-0.39, 0.29) is 5.91 Å². The Kier molecular flexibility index (Phi) is 5.10. The number of nitrogens with one attached hydrogen (secondary N) is 1. The number of hydrogen-bond acceptors (Lipinski definition) is 3. The van der Waals surface area contributed by atoms with Gasteiger partial charge in [-0.1, -0.05) is 0 Å². The smallest absolute Gasteiger partial charge is 0.224 e. The topological polar surface area (TPSA) is 51.2 Å². The molecule has 0 aromatic carbocycles. The summed E-state index contributed by atoms with van der Waals surface area (Å²) in [7, 11) is 1.64. The first kappa shape index (κ1) is 13.6. The van der Waals surface area contributed by atoms with Gasteiger partial charge in [0.2, 0.25) is 5.91 Å². The van der Waals surface area contributed by atoms with Gasteiger partial charge in [0, 0.05) is 25.8 Å². The zero-order valence-electron chi connectivity index (χ0n) is 11.0. The van der Waals surface area contributed by atoms with Crippen LogP contribution in [0.5, 0.6) is 0 Å². The molecule has 0 aliphatic heterocycles. The quantitative estimate of drug-likeness (QED) is 0.798. The largest absolute Gasteiger partial charge is 0.385 e. The zero-order chi connectivity index (χ0) is 12.8. The first-order valence-corrected chi connectivity index (χ1v) is 5.78. The Morgan fingerprint density at radius 3 is 2.71 bits per heavy atom. The predicted molar refractivity (Wildman–Crippen MR) is 68.2 cm³/mol. The molecule has 1 rings (SSSR count). The predicted octanol–water partition coefficient (Wildman–Crippen LogP) is 2.37. The summed E-state index contributed by atoms with van der Waals surface area (Å²) in [5.74, 6) is 0.0129. The highest BCUT2D eigenvalue weighted by molar-refractivity contribution is 5.92. The van der Waals surface area contributed by atoms with E-state index in [9.17, 15) is 4.79 Å². The molecule has 4 heteroatoms. The van der Waals surface area contributed by atoms with Crippen molar-refractivity contribution in [1.29, 1.82) is 0 Å². The highest BCUT2D eigenvalue weighted by atomic mass is 16.5. The van der Waals surface area contributed by atoms with Crippen molar-refractivity contribution in [2.75, 3.05) is 19.0 Å². The minimum atomic E-state index is 0.0129. The van der Waals surface area contributed by atoms with Gasteiger partial charge in [0.1, 0.15) is 0 Å². The van der Waals surface area contributed by atoms with E-state index < -0.39 is 0 Å². The molecule has 0 saturated heterocycles. The monoisotopic (exact) mass is 236 g/mol. The zero-order valence-corrected chi connectivity index (χ0v) is 11.0. The lowest BCUT2D eigenvalue weighted by Gasteiger charge is -2.11.